The molecule has 0 aromatic heterocycles. The predicted octanol–water partition coefficient (Wildman–Crippen LogP) is 3.32. The quantitative estimate of drug-likeness (QED) is 0.759. The number of anilines is 1. The van der Waals surface area contributed by atoms with Crippen molar-refractivity contribution < 1.29 is 9.59 Å². The van der Waals surface area contributed by atoms with E-state index in [1.807, 2.05) is 36.1 Å². The standard InChI is InChI=1S/C23H29N3O2S/c1-18-6-5-9-21(14-18)24-22(27)16-29-17-23(28)26-12-10-25(11-13-26)15-20-8-4-3-7-19(20)2/h3-9,14H,10-13,15-17H2,1-2H3,(H,24,27). The van der Waals surface area contributed by atoms with Gasteiger partial charge < -0.3 is 10.2 Å². The molecule has 1 heterocycles. The van der Waals surface area contributed by atoms with E-state index in [9.17, 15) is 9.59 Å². The summed E-state index contributed by atoms with van der Waals surface area (Å²) >= 11 is 1.38. The second-order valence-corrected chi connectivity index (χ2v) is 8.48. The Hall–Kier alpha value is -2.31. The lowest BCUT2D eigenvalue weighted by molar-refractivity contribution is -0.130. The first-order valence-corrected chi connectivity index (χ1v) is 11.2. The molecule has 29 heavy (non-hydrogen) atoms. The van der Waals surface area contributed by atoms with E-state index in [1.165, 1.54) is 22.9 Å². The van der Waals surface area contributed by atoms with Crippen molar-refractivity contribution in [2.45, 2.75) is 20.4 Å². The van der Waals surface area contributed by atoms with Gasteiger partial charge in [0, 0.05) is 38.4 Å². The fraction of sp³-hybridized carbons (Fsp3) is 0.391. The normalized spacial score (nSPS) is 14.6. The third-order valence-electron chi connectivity index (χ3n) is 5.14. The van der Waals surface area contributed by atoms with Gasteiger partial charge in [-0.2, -0.15) is 0 Å². The Kier molecular flexibility index (Phi) is 7.72. The molecule has 1 saturated heterocycles. The van der Waals surface area contributed by atoms with E-state index in [-0.39, 0.29) is 17.6 Å². The van der Waals surface area contributed by atoms with Crippen LogP contribution in [0.3, 0.4) is 0 Å². The summed E-state index contributed by atoms with van der Waals surface area (Å²) in [6.45, 7) is 8.34. The van der Waals surface area contributed by atoms with Crippen LogP contribution in [0.2, 0.25) is 0 Å². The number of benzene rings is 2. The number of thioether (sulfide) groups is 1. The van der Waals surface area contributed by atoms with Crippen LogP contribution in [0.5, 0.6) is 0 Å². The summed E-state index contributed by atoms with van der Waals surface area (Å²) in [5, 5.41) is 2.88. The molecular weight excluding hydrogens is 382 g/mol. The fourth-order valence-corrected chi connectivity index (χ4v) is 4.14. The molecule has 1 fully saturated rings. The monoisotopic (exact) mass is 411 g/mol. The molecule has 0 atom stereocenters. The van der Waals surface area contributed by atoms with Crippen LogP contribution in [0.4, 0.5) is 5.69 Å². The van der Waals surface area contributed by atoms with Crippen LogP contribution in [-0.2, 0) is 16.1 Å². The topological polar surface area (TPSA) is 52.7 Å². The molecule has 1 aliphatic rings. The molecule has 2 aromatic carbocycles. The maximum Gasteiger partial charge on any atom is 0.234 e. The number of carbonyl (C=O) groups excluding carboxylic acids is 2. The highest BCUT2D eigenvalue weighted by atomic mass is 32.2. The highest BCUT2D eigenvalue weighted by molar-refractivity contribution is 8.00. The third kappa shape index (κ3) is 6.61. The molecule has 3 rings (SSSR count). The lowest BCUT2D eigenvalue weighted by Gasteiger charge is -2.35. The highest BCUT2D eigenvalue weighted by Gasteiger charge is 2.21. The van der Waals surface area contributed by atoms with E-state index < -0.39 is 0 Å². The number of aryl methyl sites for hydroxylation is 2. The van der Waals surface area contributed by atoms with Crippen molar-refractivity contribution in [2.75, 3.05) is 43.0 Å². The Morgan fingerprint density at radius 2 is 1.72 bits per heavy atom. The molecule has 6 heteroatoms. The summed E-state index contributed by atoms with van der Waals surface area (Å²) < 4.78 is 0. The second-order valence-electron chi connectivity index (χ2n) is 7.49. The summed E-state index contributed by atoms with van der Waals surface area (Å²) in [4.78, 5) is 28.8. The molecule has 0 spiro atoms. The molecule has 2 amide bonds. The van der Waals surface area contributed by atoms with E-state index in [1.54, 1.807) is 0 Å². The van der Waals surface area contributed by atoms with E-state index in [0.717, 1.165) is 44.0 Å². The molecule has 2 aromatic rings. The minimum atomic E-state index is -0.0727. The van der Waals surface area contributed by atoms with Crippen molar-refractivity contribution in [1.82, 2.24) is 9.80 Å². The molecule has 1 aliphatic heterocycles. The maximum atomic E-state index is 12.5. The van der Waals surface area contributed by atoms with Crippen molar-refractivity contribution in [3.05, 3.63) is 65.2 Å². The van der Waals surface area contributed by atoms with Gasteiger partial charge in [0.25, 0.3) is 0 Å². The molecule has 0 bridgehead atoms. The fourth-order valence-electron chi connectivity index (χ4n) is 3.43. The average molecular weight is 412 g/mol. The van der Waals surface area contributed by atoms with E-state index in [4.69, 9.17) is 0 Å². The van der Waals surface area contributed by atoms with Crippen molar-refractivity contribution in [3.63, 3.8) is 0 Å². The Balaban J connectivity index is 1.35. The first-order chi connectivity index (χ1) is 14.0. The summed E-state index contributed by atoms with van der Waals surface area (Å²) in [5.41, 5.74) is 4.56. The Morgan fingerprint density at radius 3 is 2.45 bits per heavy atom. The molecule has 154 valence electrons. The minimum Gasteiger partial charge on any atom is -0.339 e. The van der Waals surface area contributed by atoms with Gasteiger partial charge in [-0.15, -0.1) is 11.8 Å². The lowest BCUT2D eigenvalue weighted by Crippen LogP contribution is -2.48. The van der Waals surface area contributed by atoms with Crippen LogP contribution >= 0.6 is 11.8 Å². The zero-order valence-electron chi connectivity index (χ0n) is 17.2. The van der Waals surface area contributed by atoms with Crippen LogP contribution in [0.1, 0.15) is 16.7 Å². The molecule has 0 unspecified atom stereocenters. The van der Waals surface area contributed by atoms with E-state index in [0.29, 0.717) is 5.75 Å². The molecule has 0 saturated carbocycles. The van der Waals surface area contributed by atoms with Crippen molar-refractivity contribution in [1.29, 1.82) is 0 Å². The number of carbonyl (C=O) groups is 2. The van der Waals surface area contributed by atoms with E-state index in [2.05, 4.69) is 41.4 Å². The van der Waals surface area contributed by atoms with Gasteiger partial charge in [0.05, 0.1) is 11.5 Å². The van der Waals surface area contributed by atoms with Crippen LogP contribution < -0.4 is 5.32 Å². The van der Waals surface area contributed by atoms with Gasteiger partial charge in [-0.3, -0.25) is 14.5 Å². The Labute approximate surface area is 177 Å². The molecule has 0 aliphatic carbocycles. The Morgan fingerprint density at radius 1 is 0.966 bits per heavy atom. The third-order valence-corrected chi connectivity index (χ3v) is 6.06. The zero-order valence-corrected chi connectivity index (χ0v) is 18.0. The smallest absolute Gasteiger partial charge is 0.234 e. The van der Waals surface area contributed by atoms with Gasteiger partial charge in [0.15, 0.2) is 0 Å². The van der Waals surface area contributed by atoms with Crippen LogP contribution in [0.15, 0.2) is 48.5 Å². The van der Waals surface area contributed by atoms with Gasteiger partial charge in [-0.1, -0.05) is 36.4 Å². The number of piperazine rings is 1. The molecular formula is C23H29N3O2S. The largest absolute Gasteiger partial charge is 0.339 e. The molecule has 0 radical (unpaired) electrons. The van der Waals surface area contributed by atoms with Crippen LogP contribution in [0, 0.1) is 13.8 Å². The average Bonchev–Trinajstić information content (AvgIpc) is 2.70. The number of nitrogens with one attached hydrogen (secondary N) is 1. The van der Waals surface area contributed by atoms with Crippen LogP contribution in [-0.4, -0.2) is 59.3 Å². The summed E-state index contributed by atoms with van der Waals surface area (Å²) in [6.07, 6.45) is 0. The predicted molar refractivity (Wildman–Crippen MR) is 120 cm³/mol. The Bertz CT molecular complexity index is 848. The SMILES string of the molecule is Cc1cccc(NC(=O)CSCC(=O)N2CCN(Cc3ccccc3C)CC2)c1. The lowest BCUT2D eigenvalue weighted by atomic mass is 10.1. The van der Waals surface area contributed by atoms with Crippen molar-refractivity contribution in [3.8, 4) is 0 Å². The van der Waals surface area contributed by atoms with E-state index >= 15 is 0 Å². The number of amides is 2. The minimum absolute atomic E-state index is 0.0727. The van der Waals surface area contributed by atoms with Gasteiger partial charge in [-0.25, -0.2) is 0 Å². The summed E-state index contributed by atoms with van der Waals surface area (Å²) in [5.74, 6) is 0.678. The first-order valence-electron chi connectivity index (χ1n) is 10.00. The van der Waals surface area contributed by atoms with Crippen molar-refractivity contribution in [2.24, 2.45) is 0 Å². The van der Waals surface area contributed by atoms with Gasteiger partial charge in [0.1, 0.15) is 0 Å². The maximum absolute atomic E-state index is 12.5. The van der Waals surface area contributed by atoms with Gasteiger partial charge in [0.2, 0.25) is 11.8 Å². The van der Waals surface area contributed by atoms with Gasteiger partial charge >= 0.3 is 0 Å². The first kappa shape index (κ1) is 21.4. The number of hydrogen-bond donors (Lipinski definition) is 1. The zero-order chi connectivity index (χ0) is 20.6. The highest BCUT2D eigenvalue weighted by Crippen LogP contribution is 2.14. The van der Waals surface area contributed by atoms with Crippen LogP contribution in [0.25, 0.3) is 0 Å². The second kappa shape index (κ2) is 10.5. The van der Waals surface area contributed by atoms with Gasteiger partial charge in [-0.05, 0) is 42.7 Å². The van der Waals surface area contributed by atoms with Crippen molar-refractivity contribution >= 4 is 29.3 Å². The molecule has 5 nitrogen and oxygen atoms in total. The molecule has 1 N–H and O–H groups in total. The number of rotatable bonds is 7. The summed E-state index contributed by atoms with van der Waals surface area (Å²) in [7, 11) is 0. The number of nitrogens with zero attached hydrogens (tertiary/aromatic N) is 2. The summed E-state index contributed by atoms with van der Waals surface area (Å²) in [6, 6.07) is 16.2. The number of hydrogen-bond acceptors (Lipinski definition) is 4.